The van der Waals surface area contributed by atoms with E-state index in [0.717, 1.165) is 17.2 Å². The second kappa shape index (κ2) is 15.6. The van der Waals surface area contributed by atoms with Crippen LogP contribution in [0.3, 0.4) is 0 Å². The minimum atomic E-state index is -4.49. The maximum Gasteiger partial charge on any atom is 0.416 e. The van der Waals surface area contributed by atoms with Crippen molar-refractivity contribution in [1.82, 2.24) is 21.3 Å². The maximum atomic E-state index is 13.8. The van der Waals surface area contributed by atoms with Crippen LogP contribution in [0.5, 0.6) is 0 Å². The van der Waals surface area contributed by atoms with Crippen molar-refractivity contribution in [2.75, 3.05) is 18.0 Å². The number of alkyl halides is 3. The van der Waals surface area contributed by atoms with E-state index >= 15 is 0 Å². The number of nitrogens with one attached hydrogen (secondary N) is 4. The highest BCUT2D eigenvalue weighted by Gasteiger charge is 2.34. The Labute approximate surface area is 279 Å². The molecule has 0 saturated carbocycles. The number of aryl methyl sites for hydroxylation is 1. The molecule has 48 heavy (non-hydrogen) atoms. The van der Waals surface area contributed by atoms with Crippen LogP contribution in [0.15, 0.2) is 65.3 Å². The van der Waals surface area contributed by atoms with Crippen molar-refractivity contribution in [3.8, 4) is 0 Å². The monoisotopic (exact) mass is 670 g/mol. The Bertz CT molecular complexity index is 1550. The van der Waals surface area contributed by atoms with Crippen LogP contribution < -0.4 is 37.6 Å². The molecule has 3 amide bonds. The standard InChI is InChI=1S/C34H45F3N8O3/c1-21(38)7-5-8-23-15-24(17-26(16-23)34(35,36)37)28-18-25-20-45(31(46)43-29(25)42-28)27-11-9-22(10-12-27)19-40-13-6-14-41-30(39)44-32(47)48-33(2,3)4/h9-12,15-18,20-21,29,40,42H,5-8,13-14,19,38H2,1-4H3,(H,43,46)(H3,39,41,44,47)/t21-,29?/m0/s1. The maximum absolute atomic E-state index is 13.8. The molecule has 8 N–H and O–H groups in total. The number of alkyl carbamates (subject to hydrolysis) is 1. The fourth-order valence-corrected chi connectivity index (χ4v) is 5.16. The van der Waals surface area contributed by atoms with E-state index in [0.29, 0.717) is 67.8 Å². The van der Waals surface area contributed by atoms with Crippen LogP contribution in [0.2, 0.25) is 0 Å². The minimum Gasteiger partial charge on any atom is -0.444 e. The van der Waals surface area contributed by atoms with Crippen LogP contribution in [-0.2, 0) is 23.9 Å². The molecule has 4 rings (SSSR count). The lowest BCUT2D eigenvalue weighted by Crippen LogP contribution is -2.51. The van der Waals surface area contributed by atoms with E-state index in [4.69, 9.17) is 16.2 Å². The summed E-state index contributed by atoms with van der Waals surface area (Å²) in [6.45, 7) is 8.81. The normalized spacial score (nSPS) is 17.2. The average Bonchev–Trinajstić information content (AvgIpc) is 3.40. The zero-order valence-corrected chi connectivity index (χ0v) is 27.7. The number of nitrogens with zero attached hydrogens (tertiary/aromatic N) is 2. The second-order valence-electron chi connectivity index (χ2n) is 13.0. The second-order valence-corrected chi connectivity index (χ2v) is 13.0. The molecule has 2 aromatic rings. The Hall–Kier alpha value is -4.56. The van der Waals surface area contributed by atoms with Crippen molar-refractivity contribution in [3.63, 3.8) is 0 Å². The number of hydrogen-bond acceptors (Lipinski definition) is 7. The van der Waals surface area contributed by atoms with E-state index in [9.17, 15) is 22.8 Å². The molecule has 0 aromatic heterocycles. The molecule has 0 aliphatic carbocycles. The van der Waals surface area contributed by atoms with Gasteiger partial charge in [-0.25, -0.2) is 9.59 Å². The largest absolute Gasteiger partial charge is 0.444 e. The van der Waals surface area contributed by atoms with E-state index in [1.54, 1.807) is 39.1 Å². The number of anilines is 1. The van der Waals surface area contributed by atoms with Crippen LogP contribution in [-0.4, -0.2) is 49.0 Å². The number of carbonyl (C=O) groups is 2. The van der Waals surface area contributed by atoms with Crippen LogP contribution in [0.25, 0.3) is 5.70 Å². The first kappa shape index (κ1) is 36.3. The van der Waals surface area contributed by atoms with Gasteiger partial charge in [-0.2, -0.15) is 13.2 Å². The Kier molecular flexibility index (Phi) is 11.8. The van der Waals surface area contributed by atoms with Crippen molar-refractivity contribution >= 4 is 29.5 Å². The Morgan fingerprint density at radius 2 is 1.81 bits per heavy atom. The number of ether oxygens (including phenoxy) is 1. The van der Waals surface area contributed by atoms with Crippen molar-refractivity contribution in [3.05, 3.63) is 82.6 Å². The lowest BCUT2D eigenvalue weighted by Gasteiger charge is -2.29. The first-order valence-electron chi connectivity index (χ1n) is 15.9. The number of urea groups is 1. The molecule has 0 spiro atoms. The Balaban J connectivity index is 1.34. The summed E-state index contributed by atoms with van der Waals surface area (Å²) in [5.41, 5.74) is 14.1. The third-order valence-electron chi connectivity index (χ3n) is 7.43. The molecule has 2 aromatic carbocycles. The number of aliphatic imine (C=N–C) groups is 1. The van der Waals surface area contributed by atoms with Gasteiger partial charge in [0.25, 0.3) is 0 Å². The number of hydrogen-bond donors (Lipinski definition) is 6. The molecule has 260 valence electrons. The minimum absolute atomic E-state index is 0.00320. The highest BCUT2D eigenvalue weighted by molar-refractivity contribution is 5.97. The number of amides is 3. The molecule has 2 atom stereocenters. The van der Waals surface area contributed by atoms with E-state index in [-0.39, 0.29) is 18.0 Å². The van der Waals surface area contributed by atoms with Crippen LogP contribution in [0, 0.1) is 0 Å². The number of rotatable bonds is 12. The van der Waals surface area contributed by atoms with Gasteiger partial charge in [0.05, 0.1) is 11.3 Å². The highest BCUT2D eigenvalue weighted by atomic mass is 19.4. The number of nitrogens with two attached hydrogens (primary N) is 2. The molecule has 2 aliphatic heterocycles. The summed E-state index contributed by atoms with van der Waals surface area (Å²) in [6.07, 6.45) is 0.316. The van der Waals surface area contributed by atoms with Gasteiger partial charge in [-0.15, -0.1) is 0 Å². The summed E-state index contributed by atoms with van der Waals surface area (Å²) >= 11 is 0. The molecule has 14 heteroatoms. The number of fused-ring (bicyclic) bond motifs is 1. The van der Waals surface area contributed by atoms with Crippen LogP contribution in [0.4, 0.5) is 28.4 Å². The summed E-state index contributed by atoms with van der Waals surface area (Å²) in [5, 5.41) is 11.8. The van der Waals surface area contributed by atoms with E-state index < -0.39 is 29.6 Å². The van der Waals surface area contributed by atoms with Crippen LogP contribution >= 0.6 is 0 Å². The molecule has 2 aliphatic rings. The quantitative estimate of drug-likeness (QED) is 0.104. The third kappa shape index (κ3) is 10.7. The lowest BCUT2D eigenvalue weighted by molar-refractivity contribution is -0.137. The third-order valence-corrected chi connectivity index (χ3v) is 7.43. The number of guanidine groups is 1. The van der Waals surface area contributed by atoms with E-state index in [2.05, 4.69) is 26.3 Å². The molecule has 0 saturated heterocycles. The van der Waals surface area contributed by atoms with E-state index in [1.165, 1.54) is 11.0 Å². The predicted octanol–water partition coefficient (Wildman–Crippen LogP) is 5.08. The fraction of sp³-hybridized carbons (Fsp3) is 0.441. The Morgan fingerprint density at radius 3 is 2.48 bits per heavy atom. The average molecular weight is 671 g/mol. The number of carbonyl (C=O) groups excluding carboxylic acids is 2. The topological polar surface area (TPSA) is 159 Å². The van der Waals surface area contributed by atoms with Gasteiger partial charge >= 0.3 is 18.3 Å². The van der Waals surface area contributed by atoms with Gasteiger partial charge in [-0.3, -0.25) is 15.2 Å². The van der Waals surface area contributed by atoms with Gasteiger partial charge in [-0.1, -0.05) is 12.1 Å². The Morgan fingerprint density at radius 1 is 1.08 bits per heavy atom. The predicted molar refractivity (Wildman–Crippen MR) is 181 cm³/mol. The molecule has 0 fully saturated rings. The fourth-order valence-electron chi connectivity index (χ4n) is 5.16. The van der Waals surface area contributed by atoms with Crippen molar-refractivity contribution in [2.45, 2.75) is 83.9 Å². The van der Waals surface area contributed by atoms with Gasteiger partial charge in [0.1, 0.15) is 11.8 Å². The summed E-state index contributed by atoms with van der Waals surface area (Å²) in [5.74, 6) is -0.00320. The summed E-state index contributed by atoms with van der Waals surface area (Å²) in [4.78, 5) is 30.3. The highest BCUT2D eigenvalue weighted by Crippen LogP contribution is 2.34. The molecular formula is C34H45F3N8O3. The summed E-state index contributed by atoms with van der Waals surface area (Å²) in [7, 11) is 0. The molecule has 1 unspecified atom stereocenters. The number of benzene rings is 2. The van der Waals surface area contributed by atoms with E-state index in [1.807, 2.05) is 31.2 Å². The molecule has 2 heterocycles. The van der Waals surface area contributed by atoms with Gasteiger partial charge in [0.2, 0.25) is 0 Å². The van der Waals surface area contributed by atoms with Crippen molar-refractivity contribution < 1.29 is 27.5 Å². The summed E-state index contributed by atoms with van der Waals surface area (Å²) in [6, 6.07) is 11.2. The first-order chi connectivity index (χ1) is 22.6. The zero-order valence-electron chi connectivity index (χ0n) is 27.7. The lowest BCUT2D eigenvalue weighted by atomic mass is 9.98. The smallest absolute Gasteiger partial charge is 0.416 e. The molecule has 11 nitrogen and oxygen atoms in total. The van der Waals surface area contributed by atoms with Gasteiger partial charge in [-0.05, 0) is 113 Å². The van der Waals surface area contributed by atoms with Gasteiger partial charge < -0.3 is 32.2 Å². The van der Waals surface area contributed by atoms with Crippen molar-refractivity contribution in [1.29, 1.82) is 0 Å². The SMILES string of the molecule is C[C@H](N)CCCc1cc(C2=CC3=CN(c4ccc(CNCCCN=C(N)NC(=O)OC(C)(C)C)cc4)C(=O)NC3N2)cc(C(F)(F)F)c1. The van der Waals surface area contributed by atoms with Crippen molar-refractivity contribution in [2.24, 2.45) is 16.5 Å². The number of halogens is 3. The molecule has 0 radical (unpaired) electrons. The molecule has 0 bridgehead atoms. The van der Waals surface area contributed by atoms with Crippen LogP contribution in [0.1, 0.15) is 69.2 Å². The molecular weight excluding hydrogens is 625 g/mol. The summed E-state index contributed by atoms with van der Waals surface area (Å²) < 4.78 is 46.4. The first-order valence-corrected chi connectivity index (χ1v) is 15.9. The van der Waals surface area contributed by atoms with Gasteiger partial charge in [0.15, 0.2) is 5.96 Å². The van der Waals surface area contributed by atoms with Gasteiger partial charge in [0, 0.05) is 36.6 Å². The zero-order chi connectivity index (χ0) is 35.1.